The van der Waals surface area contributed by atoms with Gasteiger partial charge in [0.1, 0.15) is 11.5 Å². The molecule has 26 heavy (non-hydrogen) atoms. The summed E-state index contributed by atoms with van der Waals surface area (Å²) in [6, 6.07) is 17.3. The lowest BCUT2D eigenvalue weighted by Crippen LogP contribution is -2.27. The van der Waals surface area contributed by atoms with Crippen molar-refractivity contribution >= 4 is 5.91 Å². The first kappa shape index (κ1) is 17.7. The molecular formula is C21H22N2O3. The number of nitrogens with zero attached hydrogens (tertiary/aromatic N) is 1. The Morgan fingerprint density at radius 1 is 1.12 bits per heavy atom. The maximum atomic E-state index is 12.0. The summed E-state index contributed by atoms with van der Waals surface area (Å²) in [4.78, 5) is 16.6. The van der Waals surface area contributed by atoms with Crippen LogP contribution in [0.2, 0.25) is 0 Å². The monoisotopic (exact) mass is 350 g/mol. The van der Waals surface area contributed by atoms with E-state index < -0.39 is 0 Å². The molecule has 5 heteroatoms. The molecule has 1 heterocycles. The molecule has 1 N–H and O–H groups in total. The first-order valence-corrected chi connectivity index (χ1v) is 8.57. The highest BCUT2D eigenvalue weighted by Gasteiger charge is 2.12. The zero-order chi connectivity index (χ0) is 18.4. The second-order valence-corrected chi connectivity index (χ2v) is 6.01. The van der Waals surface area contributed by atoms with Gasteiger partial charge >= 0.3 is 0 Å². The molecule has 3 aromatic rings. The van der Waals surface area contributed by atoms with Gasteiger partial charge in [-0.2, -0.15) is 0 Å². The number of methoxy groups -OCH3 is 1. The van der Waals surface area contributed by atoms with E-state index >= 15 is 0 Å². The van der Waals surface area contributed by atoms with E-state index in [-0.39, 0.29) is 5.91 Å². The maximum Gasteiger partial charge on any atom is 0.226 e. The van der Waals surface area contributed by atoms with Crippen LogP contribution >= 0.6 is 0 Å². The highest BCUT2D eigenvalue weighted by Crippen LogP contribution is 2.24. The van der Waals surface area contributed by atoms with Gasteiger partial charge in [0.2, 0.25) is 11.8 Å². The van der Waals surface area contributed by atoms with Gasteiger partial charge in [-0.3, -0.25) is 4.79 Å². The van der Waals surface area contributed by atoms with Gasteiger partial charge < -0.3 is 14.5 Å². The van der Waals surface area contributed by atoms with Gasteiger partial charge in [-0.25, -0.2) is 4.98 Å². The Kier molecular flexibility index (Phi) is 5.69. The van der Waals surface area contributed by atoms with Crippen molar-refractivity contribution in [1.82, 2.24) is 10.3 Å². The molecular weight excluding hydrogens is 328 g/mol. The minimum atomic E-state index is 0.00715. The number of benzene rings is 2. The SMILES string of the molecule is COc1ccc(-c2nc(CCNC(=O)Cc3ccccc3)c(C)o2)cc1. The molecule has 0 bridgehead atoms. The Morgan fingerprint density at radius 2 is 1.85 bits per heavy atom. The Hall–Kier alpha value is -3.08. The fraction of sp³-hybridized carbons (Fsp3) is 0.238. The van der Waals surface area contributed by atoms with Gasteiger partial charge in [0.25, 0.3) is 0 Å². The second-order valence-electron chi connectivity index (χ2n) is 6.01. The van der Waals surface area contributed by atoms with Crippen molar-refractivity contribution < 1.29 is 13.9 Å². The van der Waals surface area contributed by atoms with Crippen LogP contribution < -0.4 is 10.1 Å². The highest BCUT2D eigenvalue weighted by molar-refractivity contribution is 5.78. The summed E-state index contributed by atoms with van der Waals surface area (Å²) in [7, 11) is 1.63. The fourth-order valence-corrected chi connectivity index (χ4v) is 2.68. The molecule has 0 fully saturated rings. The van der Waals surface area contributed by atoms with Crippen molar-refractivity contribution in [3.63, 3.8) is 0 Å². The molecule has 0 saturated heterocycles. The predicted molar refractivity (Wildman–Crippen MR) is 100 cm³/mol. The lowest BCUT2D eigenvalue weighted by atomic mass is 10.1. The summed E-state index contributed by atoms with van der Waals surface area (Å²) in [5.41, 5.74) is 2.76. The van der Waals surface area contributed by atoms with Crippen LogP contribution in [0.15, 0.2) is 59.0 Å². The molecule has 0 aliphatic heterocycles. The van der Waals surface area contributed by atoms with E-state index in [0.29, 0.717) is 25.3 Å². The first-order valence-electron chi connectivity index (χ1n) is 8.57. The molecule has 134 valence electrons. The van der Waals surface area contributed by atoms with Crippen LogP contribution in [0.1, 0.15) is 17.0 Å². The summed E-state index contributed by atoms with van der Waals surface area (Å²) in [6.45, 7) is 2.42. The third-order valence-corrected chi connectivity index (χ3v) is 4.12. The fourth-order valence-electron chi connectivity index (χ4n) is 2.68. The average Bonchev–Trinajstić information content (AvgIpc) is 3.03. The summed E-state index contributed by atoms with van der Waals surface area (Å²) in [5.74, 6) is 2.15. The Balaban J connectivity index is 1.55. The number of rotatable bonds is 7. The van der Waals surface area contributed by atoms with Gasteiger partial charge in [-0.05, 0) is 36.8 Å². The molecule has 0 radical (unpaired) electrons. The van der Waals surface area contributed by atoms with Crippen molar-refractivity contribution in [3.05, 3.63) is 71.6 Å². The number of carbonyl (C=O) groups is 1. The minimum Gasteiger partial charge on any atom is -0.497 e. The standard InChI is InChI=1S/C21H22N2O3/c1-15-19(12-13-22-20(24)14-16-6-4-3-5-7-16)23-21(26-15)17-8-10-18(25-2)11-9-17/h3-11H,12-14H2,1-2H3,(H,22,24). The van der Waals surface area contributed by atoms with E-state index in [2.05, 4.69) is 10.3 Å². The number of hydrogen-bond acceptors (Lipinski definition) is 4. The van der Waals surface area contributed by atoms with Crippen LogP contribution in [0.4, 0.5) is 0 Å². The molecule has 5 nitrogen and oxygen atoms in total. The van der Waals surface area contributed by atoms with Crippen LogP contribution in [-0.2, 0) is 17.6 Å². The molecule has 1 amide bonds. The van der Waals surface area contributed by atoms with Crippen LogP contribution in [0.3, 0.4) is 0 Å². The van der Waals surface area contributed by atoms with Gasteiger partial charge in [-0.15, -0.1) is 0 Å². The Morgan fingerprint density at radius 3 is 2.54 bits per heavy atom. The average molecular weight is 350 g/mol. The van der Waals surface area contributed by atoms with Gasteiger partial charge in [0.05, 0.1) is 19.2 Å². The number of aryl methyl sites for hydroxylation is 1. The zero-order valence-corrected chi connectivity index (χ0v) is 15.0. The summed E-state index contributed by atoms with van der Waals surface area (Å²) in [5, 5.41) is 2.93. The van der Waals surface area contributed by atoms with Gasteiger partial charge in [0.15, 0.2) is 0 Å². The van der Waals surface area contributed by atoms with Crippen molar-refractivity contribution in [2.75, 3.05) is 13.7 Å². The van der Waals surface area contributed by atoms with E-state index in [9.17, 15) is 4.79 Å². The van der Waals surface area contributed by atoms with Crippen LogP contribution in [0, 0.1) is 6.92 Å². The molecule has 0 aliphatic rings. The quantitative estimate of drug-likeness (QED) is 0.708. The number of aromatic nitrogens is 1. The van der Waals surface area contributed by atoms with Gasteiger partial charge in [0, 0.05) is 18.5 Å². The van der Waals surface area contributed by atoms with Crippen molar-refractivity contribution in [3.8, 4) is 17.2 Å². The lowest BCUT2D eigenvalue weighted by Gasteiger charge is -2.04. The van der Waals surface area contributed by atoms with Gasteiger partial charge in [-0.1, -0.05) is 30.3 Å². The second kappa shape index (κ2) is 8.34. The number of carbonyl (C=O) groups excluding carboxylic acids is 1. The number of oxazole rings is 1. The molecule has 0 atom stereocenters. The smallest absolute Gasteiger partial charge is 0.226 e. The predicted octanol–water partition coefficient (Wildman–Crippen LogP) is 3.56. The van der Waals surface area contributed by atoms with Crippen molar-refractivity contribution in [1.29, 1.82) is 0 Å². The lowest BCUT2D eigenvalue weighted by molar-refractivity contribution is -0.120. The Labute approximate surface area is 153 Å². The first-order chi connectivity index (χ1) is 12.7. The zero-order valence-electron chi connectivity index (χ0n) is 15.0. The van der Waals surface area contributed by atoms with E-state index in [1.807, 2.05) is 61.5 Å². The van der Waals surface area contributed by atoms with E-state index in [0.717, 1.165) is 28.3 Å². The van der Waals surface area contributed by atoms with E-state index in [1.54, 1.807) is 7.11 Å². The third kappa shape index (κ3) is 4.51. The number of hydrogen-bond donors (Lipinski definition) is 1. The molecule has 0 aliphatic carbocycles. The summed E-state index contributed by atoms with van der Waals surface area (Å²) >= 11 is 0. The third-order valence-electron chi connectivity index (χ3n) is 4.12. The normalized spacial score (nSPS) is 10.5. The molecule has 2 aromatic carbocycles. The molecule has 0 spiro atoms. The topological polar surface area (TPSA) is 64.4 Å². The summed E-state index contributed by atoms with van der Waals surface area (Å²) < 4.78 is 10.9. The van der Waals surface area contributed by atoms with Crippen LogP contribution in [0.5, 0.6) is 5.75 Å². The number of ether oxygens (including phenoxy) is 1. The van der Waals surface area contributed by atoms with Crippen molar-refractivity contribution in [2.24, 2.45) is 0 Å². The maximum absolute atomic E-state index is 12.0. The molecule has 1 aromatic heterocycles. The molecule has 0 unspecified atom stereocenters. The van der Waals surface area contributed by atoms with Crippen LogP contribution in [-0.4, -0.2) is 24.5 Å². The molecule has 3 rings (SSSR count). The largest absolute Gasteiger partial charge is 0.497 e. The minimum absolute atomic E-state index is 0.00715. The highest BCUT2D eigenvalue weighted by atomic mass is 16.5. The van der Waals surface area contributed by atoms with Crippen molar-refractivity contribution in [2.45, 2.75) is 19.8 Å². The number of amides is 1. The van der Waals surface area contributed by atoms with Crippen LogP contribution in [0.25, 0.3) is 11.5 Å². The summed E-state index contributed by atoms with van der Waals surface area (Å²) in [6.07, 6.45) is 1.02. The van der Waals surface area contributed by atoms with E-state index in [4.69, 9.17) is 9.15 Å². The Bertz CT molecular complexity index is 855. The molecule has 0 saturated carbocycles. The van der Waals surface area contributed by atoms with E-state index in [1.165, 1.54) is 0 Å². The number of nitrogens with one attached hydrogen (secondary N) is 1.